The van der Waals surface area contributed by atoms with Crippen molar-refractivity contribution < 1.29 is 0 Å². The van der Waals surface area contributed by atoms with Crippen molar-refractivity contribution in [2.24, 2.45) is 0 Å². The Hall–Kier alpha value is -1.03. The standard InChI is InChI=1S/C16H19ClN2S/c1-3-14(18-4-2)15-10-9-12(11-19-15)20-16-8-6-5-7-13(16)17/h5-11,14,18H,3-4H2,1-2H3. The van der Waals surface area contributed by atoms with E-state index >= 15 is 0 Å². The minimum Gasteiger partial charge on any atom is -0.309 e. The van der Waals surface area contributed by atoms with E-state index < -0.39 is 0 Å². The van der Waals surface area contributed by atoms with E-state index in [9.17, 15) is 0 Å². The first-order chi connectivity index (χ1) is 9.74. The molecule has 106 valence electrons. The molecule has 0 fully saturated rings. The van der Waals surface area contributed by atoms with Crippen molar-refractivity contribution in [1.29, 1.82) is 0 Å². The summed E-state index contributed by atoms with van der Waals surface area (Å²) in [6.45, 7) is 5.24. The highest BCUT2D eigenvalue weighted by Gasteiger charge is 2.09. The molecule has 1 heterocycles. The molecule has 0 saturated carbocycles. The second kappa shape index (κ2) is 7.67. The minimum absolute atomic E-state index is 0.333. The number of nitrogens with one attached hydrogen (secondary N) is 1. The van der Waals surface area contributed by atoms with Crippen LogP contribution in [0.15, 0.2) is 52.4 Å². The second-order valence-electron chi connectivity index (χ2n) is 4.47. The Morgan fingerprint density at radius 2 is 2.00 bits per heavy atom. The van der Waals surface area contributed by atoms with Gasteiger partial charge in [-0.1, -0.05) is 49.3 Å². The van der Waals surface area contributed by atoms with Crippen LogP contribution in [-0.2, 0) is 0 Å². The third-order valence-corrected chi connectivity index (χ3v) is 4.53. The summed E-state index contributed by atoms with van der Waals surface area (Å²) in [5.74, 6) is 0. The molecular formula is C16H19ClN2S. The number of rotatable bonds is 6. The topological polar surface area (TPSA) is 24.9 Å². The zero-order valence-corrected chi connectivity index (χ0v) is 13.3. The number of halogens is 1. The van der Waals surface area contributed by atoms with Gasteiger partial charge in [-0.05, 0) is 37.2 Å². The van der Waals surface area contributed by atoms with Crippen LogP contribution in [0.5, 0.6) is 0 Å². The van der Waals surface area contributed by atoms with Gasteiger partial charge in [-0.15, -0.1) is 0 Å². The molecule has 0 aliphatic heterocycles. The van der Waals surface area contributed by atoms with Crippen molar-refractivity contribution >= 4 is 23.4 Å². The molecule has 2 rings (SSSR count). The summed E-state index contributed by atoms with van der Waals surface area (Å²) in [6, 6.07) is 12.4. The number of aromatic nitrogens is 1. The van der Waals surface area contributed by atoms with Crippen molar-refractivity contribution in [2.45, 2.75) is 36.1 Å². The zero-order valence-electron chi connectivity index (χ0n) is 11.8. The quantitative estimate of drug-likeness (QED) is 0.817. The number of hydrogen-bond acceptors (Lipinski definition) is 3. The Morgan fingerprint density at radius 3 is 2.60 bits per heavy atom. The van der Waals surface area contributed by atoms with Crippen LogP contribution in [0, 0.1) is 0 Å². The monoisotopic (exact) mass is 306 g/mol. The maximum absolute atomic E-state index is 6.17. The predicted octanol–water partition coefficient (Wildman–Crippen LogP) is 4.95. The first kappa shape index (κ1) is 15.4. The molecule has 0 saturated heterocycles. The van der Waals surface area contributed by atoms with Crippen molar-refractivity contribution in [3.05, 3.63) is 53.3 Å². The van der Waals surface area contributed by atoms with E-state index in [1.54, 1.807) is 11.8 Å². The highest BCUT2D eigenvalue weighted by molar-refractivity contribution is 7.99. The van der Waals surface area contributed by atoms with E-state index in [4.69, 9.17) is 11.6 Å². The summed E-state index contributed by atoms with van der Waals surface area (Å²) in [6.07, 6.45) is 2.96. The summed E-state index contributed by atoms with van der Waals surface area (Å²) in [7, 11) is 0. The van der Waals surface area contributed by atoms with E-state index in [1.807, 2.05) is 30.5 Å². The molecule has 0 aliphatic rings. The summed E-state index contributed by atoms with van der Waals surface area (Å²) in [4.78, 5) is 6.73. The lowest BCUT2D eigenvalue weighted by molar-refractivity contribution is 0.524. The van der Waals surface area contributed by atoms with Crippen molar-refractivity contribution in [2.75, 3.05) is 6.54 Å². The van der Waals surface area contributed by atoms with Gasteiger partial charge in [0, 0.05) is 22.0 Å². The third kappa shape index (κ3) is 3.98. The van der Waals surface area contributed by atoms with Gasteiger partial charge >= 0.3 is 0 Å². The van der Waals surface area contributed by atoms with Gasteiger partial charge in [0.1, 0.15) is 0 Å². The van der Waals surface area contributed by atoms with Gasteiger partial charge in [-0.3, -0.25) is 4.98 Å². The van der Waals surface area contributed by atoms with E-state index in [0.717, 1.165) is 33.5 Å². The van der Waals surface area contributed by atoms with Gasteiger partial charge in [-0.25, -0.2) is 0 Å². The second-order valence-corrected chi connectivity index (χ2v) is 5.99. The lowest BCUT2D eigenvalue weighted by atomic mass is 10.1. The molecule has 0 aliphatic carbocycles. The number of pyridine rings is 1. The van der Waals surface area contributed by atoms with Crippen LogP contribution >= 0.6 is 23.4 Å². The first-order valence-corrected chi connectivity index (χ1v) is 8.05. The molecule has 1 N–H and O–H groups in total. The minimum atomic E-state index is 0.333. The molecule has 0 bridgehead atoms. The van der Waals surface area contributed by atoms with Gasteiger partial charge in [0.25, 0.3) is 0 Å². The molecular weight excluding hydrogens is 288 g/mol. The molecule has 1 aromatic carbocycles. The lowest BCUT2D eigenvalue weighted by Crippen LogP contribution is -2.20. The number of benzene rings is 1. The van der Waals surface area contributed by atoms with Gasteiger partial charge in [0.15, 0.2) is 0 Å². The molecule has 4 heteroatoms. The summed E-state index contributed by atoms with van der Waals surface area (Å²) in [5.41, 5.74) is 1.10. The summed E-state index contributed by atoms with van der Waals surface area (Å²) >= 11 is 7.81. The fourth-order valence-corrected chi connectivity index (χ4v) is 3.08. The van der Waals surface area contributed by atoms with E-state index in [0.29, 0.717) is 6.04 Å². The molecule has 0 spiro atoms. The third-order valence-electron chi connectivity index (χ3n) is 3.04. The van der Waals surface area contributed by atoms with Crippen molar-refractivity contribution in [1.82, 2.24) is 10.3 Å². The van der Waals surface area contributed by atoms with E-state index in [2.05, 4.69) is 36.3 Å². The molecule has 1 unspecified atom stereocenters. The number of hydrogen-bond donors (Lipinski definition) is 1. The Labute approximate surface area is 130 Å². The predicted molar refractivity (Wildman–Crippen MR) is 86.5 cm³/mol. The highest BCUT2D eigenvalue weighted by atomic mass is 35.5. The Morgan fingerprint density at radius 1 is 1.20 bits per heavy atom. The molecule has 0 amide bonds. The van der Waals surface area contributed by atoms with Crippen LogP contribution in [0.25, 0.3) is 0 Å². The fourth-order valence-electron chi connectivity index (χ4n) is 2.02. The van der Waals surface area contributed by atoms with Crippen LogP contribution in [0.1, 0.15) is 32.0 Å². The van der Waals surface area contributed by atoms with Crippen LogP contribution in [0.3, 0.4) is 0 Å². The van der Waals surface area contributed by atoms with E-state index in [1.165, 1.54) is 0 Å². The summed E-state index contributed by atoms with van der Waals surface area (Å²) < 4.78 is 0. The Balaban J connectivity index is 2.10. The van der Waals surface area contributed by atoms with Crippen LogP contribution in [-0.4, -0.2) is 11.5 Å². The largest absolute Gasteiger partial charge is 0.309 e. The molecule has 1 aromatic heterocycles. The fraction of sp³-hybridized carbons (Fsp3) is 0.312. The Bertz CT molecular complexity index is 542. The van der Waals surface area contributed by atoms with Crippen molar-refractivity contribution in [3.8, 4) is 0 Å². The average Bonchev–Trinajstić information content (AvgIpc) is 2.48. The average molecular weight is 307 g/mol. The van der Waals surface area contributed by atoms with Gasteiger partial charge in [0.05, 0.1) is 10.7 Å². The maximum Gasteiger partial charge on any atom is 0.0573 e. The van der Waals surface area contributed by atoms with Gasteiger partial charge in [0.2, 0.25) is 0 Å². The molecule has 2 nitrogen and oxygen atoms in total. The number of nitrogens with zero attached hydrogens (tertiary/aromatic N) is 1. The van der Waals surface area contributed by atoms with Crippen LogP contribution in [0.4, 0.5) is 0 Å². The molecule has 1 atom stereocenters. The van der Waals surface area contributed by atoms with Crippen LogP contribution in [0.2, 0.25) is 5.02 Å². The van der Waals surface area contributed by atoms with Gasteiger partial charge < -0.3 is 5.32 Å². The normalized spacial score (nSPS) is 12.3. The molecule has 20 heavy (non-hydrogen) atoms. The van der Waals surface area contributed by atoms with E-state index in [-0.39, 0.29) is 0 Å². The van der Waals surface area contributed by atoms with Crippen LogP contribution < -0.4 is 5.32 Å². The van der Waals surface area contributed by atoms with Gasteiger partial charge in [-0.2, -0.15) is 0 Å². The molecule has 0 radical (unpaired) electrons. The smallest absolute Gasteiger partial charge is 0.0573 e. The Kier molecular flexibility index (Phi) is 5.89. The highest BCUT2D eigenvalue weighted by Crippen LogP contribution is 2.32. The SMILES string of the molecule is CCNC(CC)c1ccc(Sc2ccccc2Cl)cn1. The summed E-state index contributed by atoms with van der Waals surface area (Å²) in [5, 5.41) is 4.21. The lowest BCUT2D eigenvalue weighted by Gasteiger charge is -2.15. The molecule has 2 aromatic rings. The first-order valence-electron chi connectivity index (χ1n) is 6.86. The van der Waals surface area contributed by atoms with Crippen molar-refractivity contribution in [3.63, 3.8) is 0 Å². The zero-order chi connectivity index (χ0) is 14.4. The maximum atomic E-state index is 6.17.